The van der Waals surface area contributed by atoms with E-state index >= 15 is 0 Å². The lowest BCUT2D eigenvalue weighted by atomic mass is 10.0. The topological polar surface area (TPSA) is 57.2 Å². The monoisotopic (exact) mass is 453 g/mol. The summed E-state index contributed by atoms with van der Waals surface area (Å²) in [5.74, 6) is 0.487. The van der Waals surface area contributed by atoms with Gasteiger partial charge in [0, 0.05) is 31.5 Å². The Kier molecular flexibility index (Phi) is 10.3. The molecule has 6 nitrogen and oxygen atoms in total. The highest BCUT2D eigenvalue weighted by Gasteiger charge is 2.15. The second-order valence-corrected chi connectivity index (χ2v) is 7.80. The van der Waals surface area contributed by atoms with Gasteiger partial charge in [-0.25, -0.2) is 4.79 Å². The molecular weight excluding hydrogens is 418 g/mol. The van der Waals surface area contributed by atoms with Gasteiger partial charge < -0.3 is 23.8 Å². The molecule has 1 heterocycles. The van der Waals surface area contributed by atoms with Gasteiger partial charge in [0.25, 0.3) is 0 Å². The minimum atomic E-state index is -0.337. The summed E-state index contributed by atoms with van der Waals surface area (Å²) in [6.07, 6.45) is 5.54. The van der Waals surface area contributed by atoms with Gasteiger partial charge in [-0.1, -0.05) is 31.5 Å². The summed E-state index contributed by atoms with van der Waals surface area (Å²) in [6.45, 7) is 9.30. The predicted octanol–water partition coefficient (Wildman–Crippen LogP) is 4.96. The molecule has 0 saturated carbocycles. The molecular formula is C27H35NO5. The first-order valence-electron chi connectivity index (χ1n) is 11.8. The van der Waals surface area contributed by atoms with Crippen LogP contribution in [-0.4, -0.2) is 58.7 Å². The molecule has 0 atom stereocenters. The Bertz CT molecular complexity index is 888. The van der Waals surface area contributed by atoms with Crippen LogP contribution in [0.25, 0.3) is 17.2 Å². The van der Waals surface area contributed by atoms with Crippen LogP contribution in [0.1, 0.15) is 32.3 Å². The largest absolute Gasteiger partial charge is 0.491 e. The lowest BCUT2D eigenvalue weighted by Gasteiger charge is -2.30. The zero-order valence-electron chi connectivity index (χ0n) is 19.8. The highest BCUT2D eigenvalue weighted by atomic mass is 16.5. The van der Waals surface area contributed by atoms with Gasteiger partial charge in [-0.2, -0.15) is 0 Å². The van der Waals surface area contributed by atoms with Crippen molar-refractivity contribution in [3.63, 3.8) is 0 Å². The number of carbonyl (C=O) groups excluding carboxylic acids is 1. The van der Waals surface area contributed by atoms with E-state index in [-0.39, 0.29) is 5.97 Å². The number of esters is 1. The first-order valence-corrected chi connectivity index (χ1v) is 11.8. The van der Waals surface area contributed by atoms with Gasteiger partial charge in [-0.15, -0.1) is 0 Å². The molecule has 0 N–H and O–H groups in total. The van der Waals surface area contributed by atoms with Crippen LogP contribution in [0.15, 0.2) is 48.5 Å². The van der Waals surface area contributed by atoms with Crippen molar-refractivity contribution in [1.29, 1.82) is 0 Å². The Hall–Kier alpha value is -2.83. The third kappa shape index (κ3) is 7.91. The second kappa shape index (κ2) is 13.7. The van der Waals surface area contributed by atoms with Gasteiger partial charge in [0.15, 0.2) is 0 Å². The van der Waals surface area contributed by atoms with Gasteiger partial charge in [-0.05, 0) is 60.4 Å². The second-order valence-electron chi connectivity index (χ2n) is 7.80. The summed E-state index contributed by atoms with van der Waals surface area (Å²) in [6, 6.07) is 14.4. The normalized spacial score (nSPS) is 13.9. The van der Waals surface area contributed by atoms with Crippen LogP contribution in [0.5, 0.6) is 5.75 Å². The Morgan fingerprint density at radius 1 is 1.00 bits per heavy atom. The van der Waals surface area contributed by atoms with Crippen molar-refractivity contribution in [3.8, 4) is 16.9 Å². The van der Waals surface area contributed by atoms with Crippen LogP contribution in [0.2, 0.25) is 0 Å². The molecule has 0 unspecified atom stereocenters. The van der Waals surface area contributed by atoms with Crippen LogP contribution in [-0.2, 0) is 19.0 Å². The number of ether oxygens (including phenoxy) is 4. The van der Waals surface area contributed by atoms with E-state index in [4.69, 9.17) is 18.9 Å². The third-order valence-electron chi connectivity index (χ3n) is 5.39. The number of carbonyl (C=O) groups is 1. The quantitative estimate of drug-likeness (QED) is 0.257. The van der Waals surface area contributed by atoms with Crippen molar-refractivity contribution in [2.75, 3.05) is 57.6 Å². The minimum Gasteiger partial charge on any atom is -0.491 e. The fourth-order valence-corrected chi connectivity index (χ4v) is 3.62. The molecule has 0 aliphatic carbocycles. The first-order chi connectivity index (χ1) is 16.2. The zero-order chi connectivity index (χ0) is 23.3. The van der Waals surface area contributed by atoms with E-state index in [0.29, 0.717) is 33.0 Å². The SMILES string of the molecule is CCCCOCCOc1ccc(-c2ccc(N3CCOCC3)c(C=CC(=O)OCC)c2)cc1. The van der Waals surface area contributed by atoms with Crippen molar-refractivity contribution >= 4 is 17.7 Å². The molecule has 1 saturated heterocycles. The maximum atomic E-state index is 11.9. The van der Waals surface area contributed by atoms with E-state index in [1.54, 1.807) is 6.92 Å². The van der Waals surface area contributed by atoms with Crippen molar-refractivity contribution < 1.29 is 23.7 Å². The molecule has 3 rings (SSSR count). The summed E-state index contributed by atoms with van der Waals surface area (Å²) >= 11 is 0. The van der Waals surface area contributed by atoms with E-state index in [9.17, 15) is 4.79 Å². The molecule has 0 spiro atoms. The van der Waals surface area contributed by atoms with E-state index < -0.39 is 0 Å². The number of morpholine rings is 1. The molecule has 0 radical (unpaired) electrons. The molecule has 1 aliphatic heterocycles. The van der Waals surface area contributed by atoms with Gasteiger partial charge >= 0.3 is 5.97 Å². The number of hydrogen-bond acceptors (Lipinski definition) is 6. The Balaban J connectivity index is 1.71. The average Bonchev–Trinajstić information content (AvgIpc) is 2.86. The maximum absolute atomic E-state index is 11.9. The molecule has 0 aromatic heterocycles. The van der Waals surface area contributed by atoms with Crippen LogP contribution in [0.4, 0.5) is 5.69 Å². The van der Waals surface area contributed by atoms with Crippen molar-refractivity contribution in [2.45, 2.75) is 26.7 Å². The Morgan fingerprint density at radius 3 is 2.48 bits per heavy atom. The molecule has 0 bridgehead atoms. The third-order valence-corrected chi connectivity index (χ3v) is 5.39. The van der Waals surface area contributed by atoms with Crippen LogP contribution < -0.4 is 9.64 Å². The highest BCUT2D eigenvalue weighted by molar-refractivity contribution is 5.89. The molecule has 2 aromatic carbocycles. The van der Waals surface area contributed by atoms with Gasteiger partial charge in [0.2, 0.25) is 0 Å². The predicted molar refractivity (Wildman–Crippen MR) is 132 cm³/mol. The smallest absolute Gasteiger partial charge is 0.330 e. The summed E-state index contributed by atoms with van der Waals surface area (Å²) in [7, 11) is 0. The number of unbranched alkanes of at least 4 members (excludes halogenated alkanes) is 1. The number of benzene rings is 2. The molecule has 0 amide bonds. The maximum Gasteiger partial charge on any atom is 0.330 e. The average molecular weight is 454 g/mol. The summed E-state index contributed by atoms with van der Waals surface area (Å²) in [4.78, 5) is 14.2. The number of anilines is 1. The van der Waals surface area contributed by atoms with E-state index in [0.717, 1.165) is 60.7 Å². The summed E-state index contributed by atoms with van der Waals surface area (Å²) < 4.78 is 21.9. The van der Waals surface area contributed by atoms with Crippen LogP contribution in [0.3, 0.4) is 0 Å². The van der Waals surface area contributed by atoms with E-state index in [1.165, 1.54) is 6.08 Å². The van der Waals surface area contributed by atoms with Gasteiger partial charge in [-0.3, -0.25) is 0 Å². The summed E-state index contributed by atoms with van der Waals surface area (Å²) in [5.41, 5.74) is 4.23. The Morgan fingerprint density at radius 2 is 1.76 bits per heavy atom. The van der Waals surface area contributed by atoms with Gasteiger partial charge in [0.05, 0.1) is 26.4 Å². The number of nitrogens with zero attached hydrogens (tertiary/aromatic N) is 1. The van der Waals surface area contributed by atoms with Crippen molar-refractivity contribution in [3.05, 3.63) is 54.1 Å². The molecule has 178 valence electrons. The zero-order valence-corrected chi connectivity index (χ0v) is 19.8. The standard InChI is InChI=1S/C27H35NO5/c1-3-5-16-30-19-20-33-25-10-6-22(7-11-25)23-8-12-26(28-14-17-31-18-15-28)24(21-23)9-13-27(29)32-4-2/h6-13,21H,3-5,14-20H2,1-2H3. The minimum absolute atomic E-state index is 0.337. The highest BCUT2D eigenvalue weighted by Crippen LogP contribution is 2.30. The molecule has 6 heteroatoms. The molecule has 2 aromatic rings. The number of rotatable bonds is 12. The van der Waals surface area contributed by atoms with Crippen LogP contribution >= 0.6 is 0 Å². The number of hydrogen-bond donors (Lipinski definition) is 0. The fraction of sp³-hybridized carbons (Fsp3) is 0.444. The molecule has 1 fully saturated rings. The van der Waals surface area contributed by atoms with Crippen molar-refractivity contribution in [1.82, 2.24) is 0 Å². The van der Waals surface area contributed by atoms with E-state index in [1.807, 2.05) is 18.2 Å². The Labute approximate surface area is 197 Å². The van der Waals surface area contributed by atoms with Crippen LogP contribution in [0, 0.1) is 0 Å². The lowest BCUT2D eigenvalue weighted by molar-refractivity contribution is -0.137. The van der Waals surface area contributed by atoms with Crippen molar-refractivity contribution in [2.24, 2.45) is 0 Å². The van der Waals surface area contributed by atoms with E-state index in [2.05, 4.69) is 42.2 Å². The molecule has 33 heavy (non-hydrogen) atoms. The van der Waals surface area contributed by atoms with Gasteiger partial charge in [0.1, 0.15) is 12.4 Å². The lowest BCUT2D eigenvalue weighted by Crippen LogP contribution is -2.36. The fourth-order valence-electron chi connectivity index (χ4n) is 3.62. The summed E-state index contributed by atoms with van der Waals surface area (Å²) in [5, 5.41) is 0. The first kappa shape index (κ1) is 24.8. The molecule has 1 aliphatic rings.